The smallest absolute Gasteiger partial charge is 0.341 e. The molecule has 1 aromatic heterocycles. The van der Waals surface area contributed by atoms with Crippen LogP contribution >= 0.6 is 11.6 Å². The number of carbonyl (C=O) groups excluding carboxylic acids is 2. The molecule has 1 heterocycles. The van der Waals surface area contributed by atoms with Crippen molar-refractivity contribution in [2.24, 2.45) is 0 Å². The number of rotatable bonds is 7. The summed E-state index contributed by atoms with van der Waals surface area (Å²) in [4.78, 5) is 25.5. The molecule has 0 saturated heterocycles. The average molecular weight is 365 g/mol. The van der Waals surface area contributed by atoms with Crippen molar-refractivity contribution in [3.63, 3.8) is 0 Å². The van der Waals surface area contributed by atoms with Gasteiger partial charge in [-0.1, -0.05) is 11.6 Å². The molecule has 0 aliphatic rings. The Morgan fingerprint density at radius 1 is 1.36 bits per heavy atom. The highest BCUT2D eigenvalue weighted by Crippen LogP contribution is 2.16. The van der Waals surface area contributed by atoms with Crippen LogP contribution in [0.2, 0.25) is 5.02 Å². The molecule has 130 valence electrons. The van der Waals surface area contributed by atoms with Gasteiger partial charge in [0.05, 0.1) is 30.9 Å². The minimum Gasteiger partial charge on any atom is -0.467 e. The van der Waals surface area contributed by atoms with Crippen molar-refractivity contribution in [3.05, 3.63) is 58.8 Å². The summed E-state index contributed by atoms with van der Waals surface area (Å²) in [7, 11) is 0. The average Bonchev–Trinajstić information content (AvgIpc) is 3.11. The number of hydrogen-bond acceptors (Lipinski definition) is 5. The summed E-state index contributed by atoms with van der Waals surface area (Å²) in [5.74, 6) is -1.79. The first kappa shape index (κ1) is 18.5. The summed E-state index contributed by atoms with van der Waals surface area (Å²) in [6.07, 6.45) is 1.58. The Hall–Kier alpha value is -2.85. The van der Waals surface area contributed by atoms with Crippen LogP contribution in [0.25, 0.3) is 0 Å². The number of esters is 1. The van der Waals surface area contributed by atoms with Crippen LogP contribution in [0, 0.1) is 17.1 Å². The molecule has 0 radical (unpaired) electrons. The number of nitrogens with zero attached hydrogens (tertiary/aromatic N) is 2. The Bertz CT molecular complexity index is 786. The van der Waals surface area contributed by atoms with Gasteiger partial charge in [-0.2, -0.15) is 5.26 Å². The molecule has 25 heavy (non-hydrogen) atoms. The van der Waals surface area contributed by atoms with Gasteiger partial charge in [-0.05, 0) is 30.3 Å². The zero-order valence-corrected chi connectivity index (χ0v) is 13.8. The van der Waals surface area contributed by atoms with E-state index in [1.54, 1.807) is 12.1 Å². The molecular formula is C17H14ClFN2O4. The van der Waals surface area contributed by atoms with E-state index in [0.717, 1.165) is 12.1 Å². The van der Waals surface area contributed by atoms with Crippen molar-refractivity contribution in [2.45, 2.75) is 13.0 Å². The van der Waals surface area contributed by atoms with Crippen LogP contribution in [-0.2, 0) is 16.1 Å². The van der Waals surface area contributed by atoms with Crippen LogP contribution in [0.5, 0.6) is 0 Å². The lowest BCUT2D eigenvalue weighted by atomic mass is 10.2. The van der Waals surface area contributed by atoms with Crippen molar-refractivity contribution in [1.29, 1.82) is 5.26 Å². The lowest BCUT2D eigenvalue weighted by Gasteiger charge is -2.20. The molecule has 0 saturated carbocycles. The Morgan fingerprint density at radius 3 is 2.84 bits per heavy atom. The maximum absolute atomic E-state index is 13.6. The molecule has 2 rings (SSSR count). The summed E-state index contributed by atoms with van der Waals surface area (Å²) in [6, 6.07) is 8.75. The molecule has 0 atom stereocenters. The second-order valence-electron chi connectivity index (χ2n) is 5.00. The van der Waals surface area contributed by atoms with Crippen LogP contribution in [0.1, 0.15) is 22.5 Å². The number of furan rings is 1. The van der Waals surface area contributed by atoms with E-state index >= 15 is 0 Å². The molecule has 2 aromatic rings. The van der Waals surface area contributed by atoms with Crippen molar-refractivity contribution in [2.75, 3.05) is 13.2 Å². The first-order chi connectivity index (χ1) is 12.0. The highest BCUT2D eigenvalue weighted by Gasteiger charge is 2.19. The summed E-state index contributed by atoms with van der Waals surface area (Å²) < 4.78 is 23.7. The van der Waals surface area contributed by atoms with Gasteiger partial charge in [0.2, 0.25) is 0 Å². The van der Waals surface area contributed by atoms with Crippen LogP contribution in [0.4, 0.5) is 4.39 Å². The van der Waals surface area contributed by atoms with E-state index in [-0.39, 0.29) is 30.1 Å². The number of ether oxygens (including phenoxy) is 1. The van der Waals surface area contributed by atoms with Crippen LogP contribution in [0.15, 0.2) is 41.0 Å². The van der Waals surface area contributed by atoms with Crippen LogP contribution in [0.3, 0.4) is 0 Å². The lowest BCUT2D eigenvalue weighted by molar-refractivity contribution is -0.135. The number of nitriles is 1. The van der Waals surface area contributed by atoms with Gasteiger partial charge in [0, 0.05) is 11.6 Å². The molecule has 0 N–H and O–H groups in total. The summed E-state index contributed by atoms with van der Waals surface area (Å²) in [6.45, 7) is -0.299. The number of benzene rings is 1. The topological polar surface area (TPSA) is 83.5 Å². The highest BCUT2D eigenvalue weighted by atomic mass is 35.5. The van der Waals surface area contributed by atoms with Crippen LogP contribution < -0.4 is 0 Å². The van der Waals surface area contributed by atoms with Crippen molar-refractivity contribution in [1.82, 2.24) is 4.90 Å². The van der Waals surface area contributed by atoms with Crippen molar-refractivity contribution in [3.8, 4) is 6.07 Å². The first-order valence-electron chi connectivity index (χ1n) is 7.30. The number of hydrogen-bond donors (Lipinski definition) is 0. The molecule has 1 amide bonds. The summed E-state index contributed by atoms with van der Waals surface area (Å²) in [5, 5.41) is 8.87. The maximum Gasteiger partial charge on any atom is 0.341 e. The van der Waals surface area contributed by atoms with E-state index in [9.17, 15) is 14.0 Å². The fourth-order valence-corrected chi connectivity index (χ4v) is 2.19. The summed E-state index contributed by atoms with van der Waals surface area (Å²) in [5.41, 5.74) is -0.352. The molecule has 1 aromatic carbocycles. The predicted molar refractivity (Wildman–Crippen MR) is 86.0 cm³/mol. The quantitative estimate of drug-likeness (QED) is 0.704. The minimum atomic E-state index is -0.994. The van der Waals surface area contributed by atoms with Gasteiger partial charge >= 0.3 is 5.97 Å². The molecule has 0 unspecified atom stereocenters. The zero-order chi connectivity index (χ0) is 18.2. The predicted octanol–water partition coefficient (Wildman–Crippen LogP) is 3.17. The third kappa shape index (κ3) is 5.33. The highest BCUT2D eigenvalue weighted by molar-refractivity contribution is 6.30. The molecule has 0 fully saturated rings. The zero-order valence-electron chi connectivity index (χ0n) is 13.1. The minimum absolute atomic E-state index is 0.114. The fourth-order valence-electron chi connectivity index (χ4n) is 2.02. The van der Waals surface area contributed by atoms with Gasteiger partial charge in [-0.25, -0.2) is 9.18 Å². The fraction of sp³-hybridized carbons (Fsp3) is 0.235. The molecule has 8 heteroatoms. The lowest BCUT2D eigenvalue weighted by Crippen LogP contribution is -2.35. The monoisotopic (exact) mass is 364 g/mol. The van der Waals surface area contributed by atoms with Gasteiger partial charge in [0.15, 0.2) is 6.61 Å². The number of amides is 1. The molecule has 0 spiro atoms. The van der Waals surface area contributed by atoms with E-state index < -0.39 is 24.3 Å². The number of carbonyl (C=O) groups is 2. The SMILES string of the molecule is N#CCCN(Cc1ccco1)C(=O)COC(=O)c1cc(Cl)ccc1F. The molecule has 0 aliphatic heterocycles. The second kappa shape index (κ2) is 8.85. The van der Waals surface area contributed by atoms with Crippen LogP contribution in [-0.4, -0.2) is 29.9 Å². The second-order valence-corrected chi connectivity index (χ2v) is 5.44. The van der Waals surface area contributed by atoms with Crippen molar-refractivity contribution >= 4 is 23.5 Å². The Balaban J connectivity index is 1.98. The van der Waals surface area contributed by atoms with E-state index in [1.807, 2.05) is 6.07 Å². The van der Waals surface area contributed by atoms with Gasteiger partial charge in [0.25, 0.3) is 5.91 Å². The molecule has 0 aliphatic carbocycles. The van der Waals surface area contributed by atoms with Gasteiger partial charge in [-0.15, -0.1) is 0 Å². The van der Waals surface area contributed by atoms with Gasteiger partial charge in [-0.3, -0.25) is 4.79 Å². The van der Waals surface area contributed by atoms with Gasteiger partial charge < -0.3 is 14.1 Å². The van der Waals surface area contributed by atoms with E-state index in [1.165, 1.54) is 17.2 Å². The summed E-state index contributed by atoms with van der Waals surface area (Å²) >= 11 is 5.72. The first-order valence-corrected chi connectivity index (χ1v) is 7.68. The van der Waals surface area contributed by atoms with E-state index in [4.69, 9.17) is 26.0 Å². The maximum atomic E-state index is 13.6. The Kier molecular flexibility index (Phi) is 6.54. The van der Waals surface area contributed by atoms with Gasteiger partial charge in [0.1, 0.15) is 11.6 Å². The molecule has 0 bridgehead atoms. The molecular weight excluding hydrogens is 351 g/mol. The largest absolute Gasteiger partial charge is 0.467 e. The number of halogens is 2. The third-order valence-electron chi connectivity index (χ3n) is 3.25. The van der Waals surface area contributed by atoms with E-state index in [0.29, 0.717) is 5.76 Å². The van der Waals surface area contributed by atoms with Crippen molar-refractivity contribution < 1.29 is 23.1 Å². The van der Waals surface area contributed by atoms with E-state index in [2.05, 4.69) is 0 Å². The Labute approximate surface area is 148 Å². The third-order valence-corrected chi connectivity index (χ3v) is 3.48. The Morgan fingerprint density at radius 2 is 2.16 bits per heavy atom. The molecule has 6 nitrogen and oxygen atoms in total. The normalized spacial score (nSPS) is 10.1. The standard InChI is InChI=1S/C17H14ClFN2O4/c18-12-4-5-15(19)14(9-12)17(23)25-11-16(22)21(7-2-6-20)10-13-3-1-8-24-13/h1,3-5,8-9H,2,7,10-11H2.